The number of fused-ring (bicyclic) bond motifs is 2. The number of carbonyl (C=O) groups excluding carboxylic acids is 1. The molecular weight excluding hydrogens is 801 g/mol. The molecule has 11 nitrogen and oxygen atoms in total. The molecule has 4 N–H and O–H groups in total. The Labute approximate surface area is 356 Å². The maximum absolute atomic E-state index is 14.2. The highest BCUT2D eigenvalue weighted by Gasteiger charge is 2.36. The average molecular weight is 841 g/mol. The fourth-order valence-corrected chi connectivity index (χ4v) is 7.73. The van der Waals surface area contributed by atoms with Crippen molar-refractivity contribution in [2.24, 2.45) is 0 Å². The number of nitrogens with two attached hydrogens (primary N) is 1. The number of anilines is 1. The molecule has 0 saturated heterocycles. The number of aliphatic carboxylic acids is 1. The SMILES string of the molecule is N#Cc1ccc(-c2ccc(CC(NC(=O)C3Cc4cc5c(cc4CN3Cc3ccc(N)nc3)OC(c3ccc(OCc4ccc(Cl)c(Cl)c4)cc3)CO5)C(=O)O)cc2)cc1. The maximum Gasteiger partial charge on any atom is 0.326 e. The van der Waals surface area contributed by atoms with E-state index in [0.717, 1.165) is 44.5 Å². The Bertz CT molecular complexity index is 2560. The first-order chi connectivity index (χ1) is 29.1. The Morgan fingerprint density at radius 3 is 2.27 bits per heavy atom. The normalized spacial score (nSPS) is 16.2. The number of carboxylic acids is 1. The Morgan fingerprint density at radius 2 is 1.58 bits per heavy atom. The molecule has 13 heteroatoms. The van der Waals surface area contributed by atoms with Gasteiger partial charge in [0.1, 0.15) is 30.8 Å². The predicted octanol–water partition coefficient (Wildman–Crippen LogP) is 8.34. The lowest BCUT2D eigenvalue weighted by Crippen LogP contribution is -2.54. The lowest BCUT2D eigenvalue weighted by molar-refractivity contribution is -0.142. The Hall–Kier alpha value is -6.58. The minimum absolute atomic E-state index is 0.0915. The molecule has 8 rings (SSSR count). The first kappa shape index (κ1) is 40.2. The second-order valence-electron chi connectivity index (χ2n) is 14.8. The third kappa shape index (κ3) is 9.32. The summed E-state index contributed by atoms with van der Waals surface area (Å²) in [6, 6.07) is 35.6. The molecule has 0 aliphatic carbocycles. The van der Waals surface area contributed by atoms with Crippen LogP contribution in [-0.4, -0.2) is 45.6 Å². The number of carbonyl (C=O) groups is 2. The predicted molar refractivity (Wildman–Crippen MR) is 228 cm³/mol. The molecule has 2 aliphatic heterocycles. The van der Waals surface area contributed by atoms with E-state index in [2.05, 4.69) is 16.4 Å². The minimum atomic E-state index is -1.17. The first-order valence-electron chi connectivity index (χ1n) is 19.3. The van der Waals surface area contributed by atoms with Gasteiger partial charge in [-0.15, -0.1) is 0 Å². The second-order valence-corrected chi connectivity index (χ2v) is 15.6. The van der Waals surface area contributed by atoms with Crippen molar-refractivity contribution >= 4 is 40.9 Å². The van der Waals surface area contributed by atoms with Gasteiger partial charge >= 0.3 is 5.97 Å². The van der Waals surface area contributed by atoms with Crippen molar-refractivity contribution in [1.82, 2.24) is 15.2 Å². The van der Waals surface area contributed by atoms with Crippen molar-refractivity contribution in [3.63, 3.8) is 0 Å². The van der Waals surface area contributed by atoms with Crippen molar-refractivity contribution in [2.45, 2.75) is 50.7 Å². The molecule has 302 valence electrons. The van der Waals surface area contributed by atoms with E-state index in [-0.39, 0.29) is 19.1 Å². The Morgan fingerprint density at radius 1 is 0.883 bits per heavy atom. The smallest absolute Gasteiger partial charge is 0.326 e. The molecule has 0 spiro atoms. The summed E-state index contributed by atoms with van der Waals surface area (Å²) in [7, 11) is 0. The molecule has 0 bridgehead atoms. The molecule has 3 unspecified atom stereocenters. The number of nitrogens with zero attached hydrogens (tertiary/aromatic N) is 3. The van der Waals surface area contributed by atoms with E-state index in [9.17, 15) is 14.7 Å². The topological polar surface area (TPSA) is 160 Å². The van der Waals surface area contributed by atoms with E-state index >= 15 is 0 Å². The quantitative estimate of drug-likeness (QED) is 0.109. The number of aromatic nitrogens is 1. The monoisotopic (exact) mass is 839 g/mol. The van der Waals surface area contributed by atoms with Gasteiger partial charge in [0, 0.05) is 25.7 Å². The molecule has 1 aromatic heterocycles. The number of carboxylic acid groups (broad SMARTS) is 1. The number of hydrogen-bond donors (Lipinski definition) is 3. The van der Waals surface area contributed by atoms with E-state index in [4.69, 9.17) is 48.4 Å². The number of hydrogen-bond acceptors (Lipinski definition) is 9. The minimum Gasteiger partial charge on any atom is -0.489 e. The molecule has 0 fully saturated rings. The lowest BCUT2D eigenvalue weighted by Gasteiger charge is -2.37. The van der Waals surface area contributed by atoms with E-state index in [1.807, 2.05) is 89.8 Å². The molecule has 60 heavy (non-hydrogen) atoms. The molecule has 0 saturated carbocycles. The van der Waals surface area contributed by atoms with Crippen molar-refractivity contribution in [2.75, 3.05) is 12.3 Å². The molecule has 5 aromatic carbocycles. The number of nitrogens with one attached hydrogen (secondary N) is 1. The number of halogens is 2. The van der Waals surface area contributed by atoms with Crippen molar-refractivity contribution < 1.29 is 28.9 Å². The van der Waals surface area contributed by atoms with Crippen LogP contribution in [0.15, 0.2) is 121 Å². The molecule has 3 heterocycles. The van der Waals surface area contributed by atoms with Crippen LogP contribution < -0.4 is 25.3 Å². The Kier molecular flexibility index (Phi) is 11.9. The zero-order valence-electron chi connectivity index (χ0n) is 32.2. The van der Waals surface area contributed by atoms with Crippen LogP contribution in [-0.2, 0) is 42.1 Å². The van der Waals surface area contributed by atoms with Gasteiger partial charge < -0.3 is 30.4 Å². The van der Waals surface area contributed by atoms with Gasteiger partial charge in [-0.1, -0.05) is 83.9 Å². The van der Waals surface area contributed by atoms with Gasteiger partial charge in [0.05, 0.1) is 27.7 Å². The van der Waals surface area contributed by atoms with Gasteiger partial charge in [0.25, 0.3) is 0 Å². The molecule has 2 aliphatic rings. The van der Waals surface area contributed by atoms with Crippen LogP contribution in [0.4, 0.5) is 5.82 Å². The summed E-state index contributed by atoms with van der Waals surface area (Å²) in [5, 5.41) is 23.2. The highest BCUT2D eigenvalue weighted by Crippen LogP contribution is 2.41. The highest BCUT2D eigenvalue weighted by molar-refractivity contribution is 6.42. The third-order valence-electron chi connectivity index (χ3n) is 10.7. The van der Waals surface area contributed by atoms with Crippen LogP contribution in [0.1, 0.15) is 45.0 Å². The van der Waals surface area contributed by atoms with Gasteiger partial charge in [0.2, 0.25) is 5.91 Å². The molecule has 6 aromatic rings. The number of nitriles is 1. The van der Waals surface area contributed by atoms with Gasteiger partial charge in [-0.2, -0.15) is 5.26 Å². The van der Waals surface area contributed by atoms with Crippen LogP contribution >= 0.6 is 23.2 Å². The van der Waals surface area contributed by atoms with Gasteiger partial charge in [0.15, 0.2) is 17.6 Å². The highest BCUT2D eigenvalue weighted by atomic mass is 35.5. The van der Waals surface area contributed by atoms with E-state index in [1.54, 1.807) is 36.5 Å². The maximum atomic E-state index is 14.2. The molecule has 3 atom stereocenters. The largest absolute Gasteiger partial charge is 0.489 e. The first-order valence-corrected chi connectivity index (χ1v) is 20.0. The van der Waals surface area contributed by atoms with Crippen molar-refractivity contribution in [1.29, 1.82) is 5.26 Å². The van der Waals surface area contributed by atoms with Gasteiger partial charge in [-0.25, -0.2) is 9.78 Å². The standard InChI is InChI=1S/C47H39Cl2N5O6/c48-38-15-5-30(17-39(38)49)26-58-37-13-11-34(12-14-37)44-27-59-42-20-35-19-41(54(25-36(35)21-43(42)60-44)24-31-6-16-45(51)52-23-31)46(55)53-40(47(56)57)18-28-1-7-32(8-2-28)33-9-3-29(22-50)4-10-33/h1-17,20-21,23,40-41,44H,18-19,24-27H2,(H2,51,52)(H,53,55)(H,56,57). The van der Waals surface area contributed by atoms with Crippen LogP contribution in [0, 0.1) is 11.3 Å². The van der Waals surface area contributed by atoms with E-state index in [1.165, 1.54) is 0 Å². The Balaban J connectivity index is 0.964. The molecular formula is C47H39Cl2N5O6. The lowest BCUT2D eigenvalue weighted by atomic mass is 9.91. The number of ether oxygens (including phenoxy) is 3. The van der Waals surface area contributed by atoms with Crippen LogP contribution in [0.25, 0.3) is 11.1 Å². The van der Waals surface area contributed by atoms with Crippen LogP contribution in [0.3, 0.4) is 0 Å². The summed E-state index contributed by atoms with van der Waals surface area (Å²) in [5.74, 6) is 0.716. The van der Waals surface area contributed by atoms with Gasteiger partial charge in [-0.05, 0) is 106 Å². The number of nitrogen functional groups attached to an aromatic ring is 1. The molecule has 1 amide bonds. The summed E-state index contributed by atoms with van der Waals surface area (Å²) < 4.78 is 18.7. The number of pyridine rings is 1. The zero-order chi connectivity index (χ0) is 41.8. The fourth-order valence-electron chi connectivity index (χ4n) is 7.41. The number of rotatable bonds is 12. The summed E-state index contributed by atoms with van der Waals surface area (Å²) >= 11 is 12.2. The van der Waals surface area contributed by atoms with Gasteiger partial charge in [-0.3, -0.25) is 9.69 Å². The molecule has 0 radical (unpaired) electrons. The third-order valence-corrected chi connectivity index (χ3v) is 11.4. The fraction of sp³-hybridized carbons (Fsp3) is 0.191. The number of benzene rings is 5. The summed E-state index contributed by atoms with van der Waals surface area (Å²) in [6.45, 7) is 1.38. The summed E-state index contributed by atoms with van der Waals surface area (Å²) in [6.07, 6.45) is 1.73. The summed E-state index contributed by atoms with van der Waals surface area (Å²) in [5.41, 5.74) is 13.6. The van der Waals surface area contributed by atoms with E-state index in [0.29, 0.717) is 64.8 Å². The zero-order valence-corrected chi connectivity index (χ0v) is 33.7. The van der Waals surface area contributed by atoms with Crippen molar-refractivity contribution in [3.8, 4) is 34.4 Å². The average Bonchev–Trinajstić information content (AvgIpc) is 3.26. The van der Waals surface area contributed by atoms with Crippen molar-refractivity contribution in [3.05, 3.63) is 170 Å². The van der Waals surface area contributed by atoms with Crippen LogP contribution in [0.2, 0.25) is 10.0 Å². The second kappa shape index (κ2) is 17.7. The van der Waals surface area contributed by atoms with Crippen LogP contribution in [0.5, 0.6) is 17.2 Å². The number of amides is 1. The summed E-state index contributed by atoms with van der Waals surface area (Å²) in [4.78, 5) is 33.0. The van der Waals surface area contributed by atoms with E-state index < -0.39 is 24.0 Å².